The van der Waals surface area contributed by atoms with E-state index in [0.29, 0.717) is 22.4 Å². The molecule has 34 heavy (non-hydrogen) atoms. The van der Waals surface area contributed by atoms with Crippen molar-refractivity contribution in [1.82, 2.24) is 10.6 Å². The molecule has 6 heteroatoms. The van der Waals surface area contributed by atoms with Gasteiger partial charge >= 0.3 is 0 Å². The van der Waals surface area contributed by atoms with Gasteiger partial charge in [-0.25, -0.2) is 0 Å². The van der Waals surface area contributed by atoms with Crippen LogP contribution in [0.5, 0.6) is 0 Å². The Morgan fingerprint density at radius 1 is 1.06 bits per heavy atom. The van der Waals surface area contributed by atoms with Crippen LogP contribution in [0.3, 0.4) is 0 Å². The molecule has 176 valence electrons. The topological polar surface area (TPSA) is 41.1 Å². The van der Waals surface area contributed by atoms with Gasteiger partial charge in [-0.1, -0.05) is 96.1 Å². The largest absolute Gasteiger partial charge is 0.352 e. The number of hydrogen-bond acceptors (Lipinski definition) is 3. The van der Waals surface area contributed by atoms with Crippen LogP contribution in [-0.4, -0.2) is 29.9 Å². The molecule has 3 atom stereocenters. The van der Waals surface area contributed by atoms with Gasteiger partial charge in [0.15, 0.2) is 0 Å². The van der Waals surface area contributed by atoms with E-state index in [2.05, 4.69) is 10.6 Å². The number of rotatable bonds is 8. The summed E-state index contributed by atoms with van der Waals surface area (Å²) >= 11 is 18.1. The number of nitrogens with one attached hydrogen (secondary N) is 2. The molecule has 0 radical (unpaired) electrons. The van der Waals surface area contributed by atoms with Crippen LogP contribution in [0, 0.1) is 5.92 Å². The van der Waals surface area contributed by atoms with E-state index in [4.69, 9.17) is 35.4 Å². The molecular weight excluding hydrogens is 483 g/mol. The summed E-state index contributed by atoms with van der Waals surface area (Å²) in [5, 5.41) is 7.84. The number of amides is 1. The minimum absolute atomic E-state index is 0.000252. The minimum Gasteiger partial charge on any atom is -0.352 e. The molecule has 1 saturated heterocycles. The molecule has 3 aromatic carbocycles. The molecule has 2 N–H and O–H groups in total. The van der Waals surface area contributed by atoms with Crippen molar-refractivity contribution in [1.29, 1.82) is 0 Å². The first-order valence-electron chi connectivity index (χ1n) is 11.6. The van der Waals surface area contributed by atoms with Crippen molar-refractivity contribution < 1.29 is 4.79 Å². The smallest absolute Gasteiger partial charge is 0.227 e. The molecule has 0 spiro atoms. The standard InChI is InChI=1S/C28H28Cl2N2OS/c1-18(22-9-5-6-10-23(22)27(34)20-7-3-2-4-8-20)28(33)32-26(21-13-14-31-17-21)16-19-11-12-24(29)25(30)15-19/h2-12,15,18,21,26,31H,13-14,16-17H2,1H3,(H,32,33). The zero-order valence-corrected chi connectivity index (χ0v) is 21.4. The first-order valence-corrected chi connectivity index (χ1v) is 12.7. The zero-order valence-electron chi connectivity index (χ0n) is 19.1. The molecular formula is C28H28Cl2N2OS. The maximum absolute atomic E-state index is 13.5. The van der Waals surface area contributed by atoms with Gasteiger partial charge in [0.1, 0.15) is 0 Å². The van der Waals surface area contributed by atoms with Crippen LogP contribution in [0.4, 0.5) is 0 Å². The second-order valence-corrected chi connectivity index (χ2v) is 10.0. The Morgan fingerprint density at radius 3 is 2.50 bits per heavy atom. The fourth-order valence-electron chi connectivity index (χ4n) is 4.55. The van der Waals surface area contributed by atoms with Crippen LogP contribution in [0.25, 0.3) is 0 Å². The molecule has 1 aliphatic heterocycles. The molecule has 1 fully saturated rings. The summed E-state index contributed by atoms with van der Waals surface area (Å²) < 4.78 is 0. The van der Waals surface area contributed by atoms with Crippen LogP contribution in [0.15, 0.2) is 72.8 Å². The number of carbonyl (C=O) groups is 1. The molecule has 3 aromatic rings. The molecule has 1 amide bonds. The van der Waals surface area contributed by atoms with E-state index < -0.39 is 0 Å². The first-order chi connectivity index (χ1) is 16.4. The Bertz CT molecular complexity index is 1160. The van der Waals surface area contributed by atoms with Crippen molar-refractivity contribution in [2.24, 2.45) is 5.92 Å². The van der Waals surface area contributed by atoms with E-state index in [1.807, 2.05) is 79.7 Å². The van der Waals surface area contributed by atoms with Gasteiger partial charge in [-0.2, -0.15) is 0 Å². The van der Waals surface area contributed by atoms with Gasteiger partial charge in [-0.3, -0.25) is 4.79 Å². The average Bonchev–Trinajstić information content (AvgIpc) is 3.40. The van der Waals surface area contributed by atoms with Crippen molar-refractivity contribution in [3.63, 3.8) is 0 Å². The number of hydrogen-bond donors (Lipinski definition) is 2. The van der Waals surface area contributed by atoms with Gasteiger partial charge in [0, 0.05) is 6.04 Å². The van der Waals surface area contributed by atoms with E-state index >= 15 is 0 Å². The molecule has 1 aliphatic rings. The lowest BCUT2D eigenvalue weighted by molar-refractivity contribution is -0.123. The van der Waals surface area contributed by atoms with E-state index in [9.17, 15) is 4.79 Å². The zero-order chi connectivity index (χ0) is 24.1. The highest BCUT2D eigenvalue weighted by Gasteiger charge is 2.29. The third-order valence-electron chi connectivity index (χ3n) is 6.54. The van der Waals surface area contributed by atoms with Crippen LogP contribution < -0.4 is 10.6 Å². The SMILES string of the molecule is CC(C(=O)NC(Cc1ccc(Cl)c(Cl)c1)C1CCNC1)c1ccccc1C(=S)c1ccccc1. The van der Waals surface area contributed by atoms with Gasteiger partial charge in [0.2, 0.25) is 5.91 Å². The van der Waals surface area contributed by atoms with Crippen molar-refractivity contribution in [2.75, 3.05) is 13.1 Å². The molecule has 0 aromatic heterocycles. The Labute approximate surface area is 216 Å². The number of thiocarbonyl (C=S) groups is 1. The second kappa shape index (κ2) is 11.5. The van der Waals surface area contributed by atoms with Gasteiger partial charge in [0.25, 0.3) is 0 Å². The number of halogens is 2. The Balaban J connectivity index is 1.55. The highest BCUT2D eigenvalue weighted by molar-refractivity contribution is 7.81. The van der Waals surface area contributed by atoms with Crippen molar-refractivity contribution in [3.8, 4) is 0 Å². The number of carbonyl (C=O) groups excluding carboxylic acids is 1. The van der Waals surface area contributed by atoms with E-state index in [-0.39, 0.29) is 17.9 Å². The molecule has 3 nitrogen and oxygen atoms in total. The minimum atomic E-state index is -0.344. The van der Waals surface area contributed by atoms with Crippen molar-refractivity contribution >= 4 is 46.2 Å². The van der Waals surface area contributed by atoms with Gasteiger partial charge in [0.05, 0.1) is 20.8 Å². The lowest BCUT2D eigenvalue weighted by Gasteiger charge is -2.27. The Morgan fingerprint density at radius 2 is 1.79 bits per heavy atom. The Hall–Kier alpha value is -2.24. The summed E-state index contributed by atoms with van der Waals surface area (Å²) in [5.41, 5.74) is 3.90. The van der Waals surface area contributed by atoms with E-state index in [1.165, 1.54) is 0 Å². The normalized spacial score (nSPS) is 17.2. The summed E-state index contributed by atoms with van der Waals surface area (Å²) in [7, 11) is 0. The van der Waals surface area contributed by atoms with Crippen LogP contribution in [0.1, 0.15) is 41.5 Å². The average molecular weight is 512 g/mol. The van der Waals surface area contributed by atoms with Gasteiger partial charge in [-0.15, -0.1) is 0 Å². The lowest BCUT2D eigenvalue weighted by Crippen LogP contribution is -2.44. The predicted molar refractivity (Wildman–Crippen MR) is 145 cm³/mol. The second-order valence-electron chi connectivity index (χ2n) is 8.82. The van der Waals surface area contributed by atoms with Gasteiger partial charge < -0.3 is 10.6 Å². The maximum atomic E-state index is 13.5. The summed E-state index contributed by atoms with van der Waals surface area (Å²) in [6.07, 6.45) is 1.72. The molecule has 0 aliphatic carbocycles. The molecule has 4 rings (SSSR count). The molecule has 0 bridgehead atoms. The third-order valence-corrected chi connectivity index (χ3v) is 7.73. The summed E-state index contributed by atoms with van der Waals surface area (Å²) in [6.45, 7) is 3.79. The lowest BCUT2D eigenvalue weighted by atomic mass is 9.89. The fourth-order valence-corrected chi connectivity index (χ4v) is 5.19. The van der Waals surface area contributed by atoms with Crippen LogP contribution in [0.2, 0.25) is 10.0 Å². The fraction of sp³-hybridized carbons (Fsp3) is 0.286. The monoisotopic (exact) mass is 510 g/mol. The summed E-state index contributed by atoms with van der Waals surface area (Å²) in [5.74, 6) is 0.00930. The van der Waals surface area contributed by atoms with Crippen molar-refractivity contribution in [3.05, 3.63) is 105 Å². The van der Waals surface area contributed by atoms with Crippen LogP contribution in [-0.2, 0) is 11.2 Å². The van der Waals surface area contributed by atoms with E-state index in [1.54, 1.807) is 0 Å². The van der Waals surface area contributed by atoms with Gasteiger partial charge in [-0.05, 0) is 73.2 Å². The quantitative estimate of drug-likeness (QED) is 0.280. The van der Waals surface area contributed by atoms with E-state index in [0.717, 1.165) is 46.6 Å². The molecule has 1 heterocycles. The number of benzene rings is 3. The maximum Gasteiger partial charge on any atom is 0.227 e. The van der Waals surface area contributed by atoms with Crippen LogP contribution >= 0.6 is 35.4 Å². The Kier molecular flexibility index (Phi) is 8.38. The summed E-state index contributed by atoms with van der Waals surface area (Å²) in [4.78, 5) is 14.3. The van der Waals surface area contributed by atoms with Crippen molar-refractivity contribution in [2.45, 2.75) is 31.7 Å². The summed E-state index contributed by atoms with van der Waals surface area (Å²) in [6, 6.07) is 23.5. The molecule has 0 saturated carbocycles. The highest BCUT2D eigenvalue weighted by Crippen LogP contribution is 2.27. The molecule has 3 unspecified atom stereocenters. The first kappa shape index (κ1) is 24.9. The third kappa shape index (κ3) is 5.87. The predicted octanol–water partition coefficient (Wildman–Crippen LogP) is 6.20. The highest BCUT2D eigenvalue weighted by atomic mass is 35.5.